The van der Waals surface area contributed by atoms with Gasteiger partial charge in [0.2, 0.25) is 0 Å². The number of aryl methyl sites for hydroxylation is 11. The predicted octanol–water partition coefficient (Wildman–Crippen LogP) is 24.4. The van der Waals surface area contributed by atoms with Gasteiger partial charge in [0, 0.05) is 53.5 Å². The van der Waals surface area contributed by atoms with Gasteiger partial charge in [0.15, 0.2) is 0 Å². The third kappa shape index (κ3) is 26.2. The molecule has 0 aliphatic rings. The van der Waals surface area contributed by atoms with Gasteiger partial charge in [0.25, 0.3) is 0 Å². The maximum Gasteiger partial charge on any atom is 0.100 e. The highest BCUT2D eigenvalue weighted by atomic mass is 32.1. The van der Waals surface area contributed by atoms with Crippen LogP contribution >= 0.6 is 90.7 Å². The van der Waals surface area contributed by atoms with Crippen molar-refractivity contribution in [2.75, 3.05) is 0 Å². The molecule has 3 aromatic carbocycles. The minimum atomic E-state index is 0.332. The zero-order chi connectivity index (χ0) is 55.3. The van der Waals surface area contributed by atoms with Gasteiger partial charge in [-0.15, -0.1) is 79.4 Å². The van der Waals surface area contributed by atoms with Crippen molar-refractivity contribution in [3.05, 3.63) is 264 Å². The SMILES string of the molecule is Cc1cc(-c2ccccc2)cs1.Cc1cc2ccccc2s1.Cc1ccc(-c2ccccc2)s1.Cc1ccc(C(C)(C)C)s1.Cc1ccc(C)s1.Cc1ccco1.Cc1cccs1.Cc1ccsc1.Cc1csc(C)c1. The molecule has 0 aliphatic carbocycles. The monoisotopic (exact) mass is 1150 g/mol. The fraction of sp³-hybridized carbons (Fsp3) is 0.224. The molecule has 9 heteroatoms. The van der Waals surface area contributed by atoms with Gasteiger partial charge < -0.3 is 4.42 Å². The topological polar surface area (TPSA) is 13.1 Å². The average molecular weight is 1150 g/mol. The second kappa shape index (κ2) is 34.5. The minimum absolute atomic E-state index is 0.332. The van der Waals surface area contributed by atoms with Crippen LogP contribution in [0.4, 0.5) is 0 Å². The van der Waals surface area contributed by atoms with Crippen LogP contribution in [0.2, 0.25) is 0 Å². The molecule has 0 saturated heterocycles. The van der Waals surface area contributed by atoms with Crippen molar-refractivity contribution in [1.29, 1.82) is 0 Å². The number of rotatable bonds is 2. The normalized spacial score (nSPS) is 9.97. The molecule has 9 heterocycles. The molecule has 0 radical (unpaired) electrons. The van der Waals surface area contributed by atoms with Gasteiger partial charge in [-0.25, -0.2) is 0 Å². The van der Waals surface area contributed by atoms with Crippen LogP contribution in [0, 0.1) is 76.2 Å². The van der Waals surface area contributed by atoms with E-state index >= 15 is 0 Å². The summed E-state index contributed by atoms with van der Waals surface area (Å²) in [6.07, 6.45) is 1.66. The van der Waals surface area contributed by atoms with Crippen molar-refractivity contribution >= 4 is 101 Å². The van der Waals surface area contributed by atoms with E-state index in [4.69, 9.17) is 4.42 Å². The summed E-state index contributed by atoms with van der Waals surface area (Å²) < 4.78 is 6.22. The summed E-state index contributed by atoms with van der Waals surface area (Å²) in [5.74, 6) is 0.968. The zero-order valence-corrected chi connectivity index (χ0v) is 53.3. The minimum Gasteiger partial charge on any atom is -0.470 e. The Bertz CT molecular complexity index is 3030. The molecule has 0 N–H and O–H groups in total. The third-order valence-corrected chi connectivity index (χ3v) is 18.3. The molecule has 398 valence electrons. The molecule has 0 spiro atoms. The molecule has 0 fully saturated rings. The smallest absolute Gasteiger partial charge is 0.100 e. The van der Waals surface area contributed by atoms with Crippen LogP contribution in [-0.2, 0) is 5.41 Å². The van der Waals surface area contributed by atoms with Crippen LogP contribution in [0.3, 0.4) is 0 Å². The van der Waals surface area contributed by atoms with Gasteiger partial charge in [0.1, 0.15) is 5.76 Å². The quantitative estimate of drug-likeness (QED) is 0.168. The van der Waals surface area contributed by atoms with Crippen molar-refractivity contribution in [3.8, 4) is 21.6 Å². The summed E-state index contributed by atoms with van der Waals surface area (Å²) in [6.45, 7) is 29.9. The van der Waals surface area contributed by atoms with E-state index in [9.17, 15) is 0 Å². The van der Waals surface area contributed by atoms with Gasteiger partial charge in [0.05, 0.1) is 6.26 Å². The molecule has 0 amide bonds. The Morgan fingerprint density at radius 1 is 0.355 bits per heavy atom. The summed E-state index contributed by atoms with van der Waals surface area (Å²) in [4.78, 5) is 14.0. The number of benzene rings is 3. The van der Waals surface area contributed by atoms with E-state index in [1.165, 1.54) is 86.7 Å². The van der Waals surface area contributed by atoms with Crippen LogP contribution in [0.5, 0.6) is 0 Å². The zero-order valence-electron chi connectivity index (χ0n) is 46.8. The van der Waals surface area contributed by atoms with E-state index in [1.54, 1.807) is 51.6 Å². The summed E-state index contributed by atoms with van der Waals surface area (Å²) in [5.41, 5.74) is 7.02. The number of furan rings is 1. The molecule has 76 heavy (non-hydrogen) atoms. The van der Waals surface area contributed by atoms with Crippen molar-refractivity contribution < 1.29 is 4.42 Å². The standard InChI is InChI=1S/2C11H10S.C9H8S.C9H14S.2C6H8S.C5H6O.2C5H6S/c1-9-7-11(8-12-9)10-5-3-2-4-6-10;1-9-7-8-11(12-9)10-5-3-2-4-6-10;1-7-6-8-4-2-3-5-9(8)10-7;1-7-5-6-8(10-7)9(2,3)4;1-5-3-6(2)7-4-5;1-5-3-4-6(2)7-5;1-5-3-2-4-6-5;1-5-2-3-6-4-5;1-5-3-2-4-6-5/h2*2-8H,1H3;2-6H,1H3;5-6H,1-4H3;2*3-4H,1-2H3;3*2-4H,1H3. The largest absolute Gasteiger partial charge is 0.470 e. The number of thiophene rings is 8. The van der Waals surface area contributed by atoms with Gasteiger partial charge >= 0.3 is 0 Å². The molecular formula is C67H76OS8. The molecule has 0 bridgehead atoms. The Balaban J connectivity index is 0.000000187. The lowest BCUT2D eigenvalue weighted by Crippen LogP contribution is -2.07. The van der Waals surface area contributed by atoms with Crippen LogP contribution in [0.1, 0.15) is 81.6 Å². The molecule has 0 unspecified atom stereocenters. The lowest BCUT2D eigenvalue weighted by Gasteiger charge is -2.14. The van der Waals surface area contributed by atoms with Crippen LogP contribution in [0.25, 0.3) is 31.7 Å². The molecule has 12 aromatic rings. The van der Waals surface area contributed by atoms with E-state index in [0.29, 0.717) is 5.41 Å². The number of hydrogen-bond donors (Lipinski definition) is 0. The molecule has 9 aromatic heterocycles. The maximum absolute atomic E-state index is 4.83. The fourth-order valence-electron chi connectivity index (χ4n) is 6.55. The van der Waals surface area contributed by atoms with Crippen molar-refractivity contribution in [2.24, 2.45) is 0 Å². The average Bonchev–Trinajstić information content (AvgIpc) is 4.23. The summed E-state index contributed by atoms with van der Waals surface area (Å²) >= 11 is 14.6. The number of hydrogen-bond acceptors (Lipinski definition) is 9. The van der Waals surface area contributed by atoms with Gasteiger partial charge in [-0.2, -0.15) is 11.3 Å². The Hall–Kier alpha value is -5.20. The first-order valence-electron chi connectivity index (χ1n) is 25.1. The van der Waals surface area contributed by atoms with E-state index in [-0.39, 0.29) is 0 Å². The maximum atomic E-state index is 4.83. The van der Waals surface area contributed by atoms with Gasteiger partial charge in [-0.3, -0.25) is 0 Å². The molecule has 0 aliphatic heterocycles. The first-order chi connectivity index (χ1) is 36.3. The highest BCUT2D eigenvalue weighted by Crippen LogP contribution is 2.30. The third-order valence-electron chi connectivity index (χ3n) is 10.4. The Kier molecular flexibility index (Phi) is 28.8. The molecule has 12 rings (SSSR count). The Morgan fingerprint density at radius 2 is 0.947 bits per heavy atom. The summed E-state index contributed by atoms with van der Waals surface area (Å²) in [7, 11) is 0. The van der Waals surface area contributed by atoms with Crippen molar-refractivity contribution in [3.63, 3.8) is 0 Å². The van der Waals surface area contributed by atoms with E-state index in [2.05, 4.69) is 263 Å². The Labute approximate surface area is 488 Å². The first kappa shape index (κ1) is 63.3. The lowest BCUT2D eigenvalue weighted by molar-refractivity contribution is 0.534. The van der Waals surface area contributed by atoms with Crippen LogP contribution < -0.4 is 0 Å². The van der Waals surface area contributed by atoms with Gasteiger partial charge in [-0.05, 0) is 227 Å². The second-order valence-electron chi connectivity index (χ2n) is 18.8. The van der Waals surface area contributed by atoms with Crippen LogP contribution in [-0.4, -0.2) is 0 Å². The molecule has 1 nitrogen and oxygen atoms in total. The summed E-state index contributed by atoms with van der Waals surface area (Å²) in [6, 6.07) is 59.1. The van der Waals surface area contributed by atoms with Crippen molar-refractivity contribution in [1.82, 2.24) is 0 Å². The van der Waals surface area contributed by atoms with E-state index in [0.717, 1.165) is 5.76 Å². The molecular weight excluding hydrogens is 1080 g/mol. The molecule has 0 atom stereocenters. The Morgan fingerprint density at radius 3 is 1.30 bits per heavy atom. The van der Waals surface area contributed by atoms with E-state index < -0.39 is 0 Å². The molecule has 0 saturated carbocycles. The van der Waals surface area contributed by atoms with Gasteiger partial charge in [-0.1, -0.05) is 106 Å². The van der Waals surface area contributed by atoms with Crippen molar-refractivity contribution in [2.45, 2.75) is 102 Å². The fourth-order valence-corrected chi connectivity index (χ4v) is 12.7. The highest BCUT2D eigenvalue weighted by molar-refractivity contribution is 7.19. The highest BCUT2D eigenvalue weighted by Gasteiger charge is 2.14. The van der Waals surface area contributed by atoms with Crippen LogP contribution in [0.15, 0.2) is 207 Å². The van der Waals surface area contributed by atoms with E-state index in [1.807, 2.05) is 76.5 Å². The number of fused-ring (bicyclic) bond motifs is 1. The lowest BCUT2D eigenvalue weighted by atomic mass is 9.95. The predicted molar refractivity (Wildman–Crippen MR) is 352 cm³/mol. The second-order valence-corrected chi connectivity index (χ2v) is 28.3. The summed E-state index contributed by atoms with van der Waals surface area (Å²) in [5, 5.41) is 12.0. The first-order valence-corrected chi connectivity index (χ1v) is 32.0.